The molecule has 4 rings (SSSR count). The van der Waals surface area contributed by atoms with Gasteiger partial charge in [-0.3, -0.25) is 14.2 Å². The molecule has 3 aromatic rings. The summed E-state index contributed by atoms with van der Waals surface area (Å²) in [7, 11) is 0. The number of anilines is 1. The number of aryl methyl sites for hydroxylation is 2. The SMILES string of the molecule is C=C(C)Cn1c(SCC(=O)Nc2c(Cl)cccc2Cl)nc2sc3c(c2c1=O)CCCC3. The number of nitrogens with one attached hydrogen (secondary N) is 1. The number of benzene rings is 1. The molecule has 0 unspecified atom stereocenters. The molecule has 0 aliphatic heterocycles. The summed E-state index contributed by atoms with van der Waals surface area (Å²) >= 11 is 15.1. The Hall–Kier alpha value is -1.80. The van der Waals surface area contributed by atoms with Crippen molar-refractivity contribution in [2.45, 2.75) is 44.3 Å². The van der Waals surface area contributed by atoms with Gasteiger partial charge in [0.25, 0.3) is 5.56 Å². The standard InChI is InChI=1S/C22H21Cl2N3O2S2/c1-12(2)10-27-21(29)18-13-6-3-4-9-16(13)31-20(18)26-22(27)30-11-17(28)25-19-14(23)7-5-8-15(19)24/h5,7-8H,1,3-4,6,9-11H2,2H3,(H,25,28). The second kappa shape index (κ2) is 9.36. The van der Waals surface area contributed by atoms with Crippen LogP contribution in [0.3, 0.4) is 0 Å². The minimum atomic E-state index is -0.276. The lowest BCUT2D eigenvalue weighted by atomic mass is 9.97. The van der Waals surface area contributed by atoms with E-state index in [-0.39, 0.29) is 17.2 Å². The number of carbonyl (C=O) groups excluding carboxylic acids is 1. The molecule has 1 aliphatic carbocycles. The summed E-state index contributed by atoms with van der Waals surface area (Å²) in [5, 5.41) is 4.73. The number of aromatic nitrogens is 2. The van der Waals surface area contributed by atoms with Crippen molar-refractivity contribution in [3.63, 3.8) is 0 Å². The number of nitrogens with zero attached hydrogens (tertiary/aromatic N) is 2. The summed E-state index contributed by atoms with van der Waals surface area (Å²) in [6, 6.07) is 5.04. The number of halogens is 2. The Bertz CT molecular complexity index is 1230. The number of thiophene rings is 1. The molecule has 2 heterocycles. The van der Waals surface area contributed by atoms with Crippen LogP contribution in [0, 0.1) is 0 Å². The topological polar surface area (TPSA) is 64.0 Å². The molecule has 2 aromatic heterocycles. The molecule has 162 valence electrons. The molecule has 0 radical (unpaired) electrons. The van der Waals surface area contributed by atoms with Crippen LogP contribution >= 0.6 is 46.3 Å². The highest BCUT2D eigenvalue weighted by Gasteiger charge is 2.22. The van der Waals surface area contributed by atoms with Crippen molar-refractivity contribution < 1.29 is 4.79 Å². The summed E-state index contributed by atoms with van der Waals surface area (Å²) in [4.78, 5) is 32.7. The molecule has 1 N–H and O–H groups in total. The number of carbonyl (C=O) groups is 1. The van der Waals surface area contributed by atoms with E-state index in [0.29, 0.717) is 27.4 Å². The fourth-order valence-corrected chi connectivity index (χ4v) is 6.26. The first kappa shape index (κ1) is 22.4. The van der Waals surface area contributed by atoms with Crippen molar-refractivity contribution in [3.05, 3.63) is 61.2 Å². The van der Waals surface area contributed by atoms with Gasteiger partial charge < -0.3 is 5.32 Å². The zero-order valence-corrected chi connectivity index (χ0v) is 20.1. The fourth-order valence-electron chi connectivity index (χ4n) is 3.66. The first-order valence-corrected chi connectivity index (χ1v) is 12.5. The maximum absolute atomic E-state index is 13.4. The van der Waals surface area contributed by atoms with Gasteiger partial charge in [0, 0.05) is 11.4 Å². The Morgan fingerprint density at radius 2 is 2.00 bits per heavy atom. The van der Waals surface area contributed by atoms with Gasteiger partial charge in [-0.1, -0.05) is 53.2 Å². The predicted octanol–water partition coefficient (Wildman–Crippen LogP) is 5.95. The highest BCUT2D eigenvalue weighted by Crippen LogP contribution is 2.35. The van der Waals surface area contributed by atoms with Crippen LogP contribution in [0.25, 0.3) is 10.2 Å². The first-order valence-electron chi connectivity index (χ1n) is 9.91. The minimum Gasteiger partial charge on any atom is -0.323 e. The molecule has 0 spiro atoms. The predicted molar refractivity (Wildman–Crippen MR) is 131 cm³/mol. The Morgan fingerprint density at radius 1 is 1.29 bits per heavy atom. The zero-order valence-electron chi connectivity index (χ0n) is 17.0. The van der Waals surface area contributed by atoms with Gasteiger partial charge in [-0.2, -0.15) is 0 Å². The van der Waals surface area contributed by atoms with Crippen LogP contribution in [-0.4, -0.2) is 21.2 Å². The number of para-hydroxylation sites is 1. The van der Waals surface area contributed by atoms with Crippen molar-refractivity contribution in [2.75, 3.05) is 11.1 Å². The van der Waals surface area contributed by atoms with E-state index in [1.807, 2.05) is 6.92 Å². The number of amides is 1. The normalized spacial score (nSPS) is 13.3. The van der Waals surface area contributed by atoms with Crippen LogP contribution in [0.15, 0.2) is 40.3 Å². The van der Waals surface area contributed by atoms with E-state index in [0.717, 1.165) is 47.0 Å². The van der Waals surface area contributed by atoms with Gasteiger partial charge in [-0.15, -0.1) is 11.3 Å². The molecule has 0 saturated carbocycles. The average molecular weight is 494 g/mol. The van der Waals surface area contributed by atoms with Crippen molar-refractivity contribution in [1.82, 2.24) is 9.55 Å². The van der Waals surface area contributed by atoms with Gasteiger partial charge in [0.1, 0.15) is 4.83 Å². The molecule has 31 heavy (non-hydrogen) atoms. The van der Waals surface area contributed by atoms with Crippen LogP contribution in [-0.2, 0) is 24.2 Å². The van der Waals surface area contributed by atoms with E-state index in [2.05, 4.69) is 11.9 Å². The number of fused-ring (bicyclic) bond motifs is 3. The zero-order chi connectivity index (χ0) is 22.1. The smallest absolute Gasteiger partial charge is 0.263 e. The highest BCUT2D eigenvalue weighted by atomic mass is 35.5. The number of thioether (sulfide) groups is 1. The quantitative estimate of drug-likeness (QED) is 0.261. The third-order valence-corrected chi connectivity index (χ3v) is 7.82. The molecule has 0 fully saturated rings. The minimum absolute atomic E-state index is 0.0514. The maximum atomic E-state index is 13.4. The second-order valence-corrected chi connectivity index (χ2v) is 10.4. The second-order valence-electron chi connectivity index (χ2n) is 7.57. The molecular weight excluding hydrogens is 473 g/mol. The van der Waals surface area contributed by atoms with Gasteiger partial charge in [0.2, 0.25) is 5.91 Å². The van der Waals surface area contributed by atoms with Crippen LogP contribution in [0.2, 0.25) is 10.0 Å². The average Bonchev–Trinajstić information content (AvgIpc) is 3.10. The van der Waals surface area contributed by atoms with Gasteiger partial charge in [0.15, 0.2) is 5.16 Å². The lowest BCUT2D eigenvalue weighted by Gasteiger charge is -2.14. The van der Waals surface area contributed by atoms with Crippen LogP contribution < -0.4 is 10.9 Å². The van der Waals surface area contributed by atoms with E-state index in [1.54, 1.807) is 34.1 Å². The molecular formula is C22H21Cl2N3O2S2. The Kier molecular flexibility index (Phi) is 6.77. The third kappa shape index (κ3) is 4.70. The van der Waals surface area contributed by atoms with E-state index in [1.165, 1.54) is 16.6 Å². The van der Waals surface area contributed by atoms with Crippen molar-refractivity contribution in [3.8, 4) is 0 Å². The summed E-state index contributed by atoms with van der Waals surface area (Å²) in [6.07, 6.45) is 4.17. The molecule has 0 saturated heterocycles. The lowest BCUT2D eigenvalue weighted by Crippen LogP contribution is -2.25. The van der Waals surface area contributed by atoms with Crippen molar-refractivity contribution >= 4 is 68.1 Å². The third-order valence-electron chi connectivity index (χ3n) is 5.03. The van der Waals surface area contributed by atoms with Gasteiger partial charge in [-0.05, 0) is 50.3 Å². The molecule has 0 bridgehead atoms. The lowest BCUT2D eigenvalue weighted by molar-refractivity contribution is -0.113. The van der Waals surface area contributed by atoms with Crippen molar-refractivity contribution in [2.24, 2.45) is 0 Å². The molecule has 1 aliphatic rings. The summed E-state index contributed by atoms with van der Waals surface area (Å²) in [5.74, 6) is -0.206. The van der Waals surface area contributed by atoms with E-state index >= 15 is 0 Å². The Labute approximate surface area is 198 Å². The van der Waals surface area contributed by atoms with Crippen LogP contribution in [0.5, 0.6) is 0 Å². The van der Waals surface area contributed by atoms with E-state index in [4.69, 9.17) is 28.2 Å². The van der Waals surface area contributed by atoms with Gasteiger partial charge in [-0.25, -0.2) is 4.98 Å². The van der Waals surface area contributed by atoms with Gasteiger partial charge in [0.05, 0.1) is 26.9 Å². The Balaban J connectivity index is 1.64. The monoisotopic (exact) mass is 493 g/mol. The number of hydrogen-bond donors (Lipinski definition) is 1. The first-order chi connectivity index (χ1) is 14.8. The summed E-state index contributed by atoms with van der Waals surface area (Å²) < 4.78 is 1.63. The number of hydrogen-bond acceptors (Lipinski definition) is 5. The maximum Gasteiger partial charge on any atom is 0.263 e. The van der Waals surface area contributed by atoms with E-state index < -0.39 is 0 Å². The Morgan fingerprint density at radius 3 is 2.71 bits per heavy atom. The number of rotatable bonds is 6. The molecule has 1 amide bonds. The molecule has 1 aromatic carbocycles. The largest absolute Gasteiger partial charge is 0.323 e. The summed E-state index contributed by atoms with van der Waals surface area (Å²) in [5.41, 5.74) is 2.33. The highest BCUT2D eigenvalue weighted by molar-refractivity contribution is 7.99. The molecule has 5 nitrogen and oxygen atoms in total. The van der Waals surface area contributed by atoms with E-state index in [9.17, 15) is 9.59 Å². The van der Waals surface area contributed by atoms with Crippen molar-refractivity contribution in [1.29, 1.82) is 0 Å². The van der Waals surface area contributed by atoms with Crippen LogP contribution in [0.1, 0.15) is 30.2 Å². The molecule has 9 heteroatoms. The molecule has 0 atom stereocenters. The van der Waals surface area contributed by atoms with Crippen LogP contribution in [0.4, 0.5) is 5.69 Å². The van der Waals surface area contributed by atoms with Gasteiger partial charge >= 0.3 is 0 Å². The summed E-state index contributed by atoms with van der Waals surface area (Å²) in [6.45, 7) is 6.20. The number of allylic oxidation sites excluding steroid dienone is 1. The fraction of sp³-hybridized carbons (Fsp3) is 0.318.